The Morgan fingerprint density at radius 1 is 1.80 bits per heavy atom. The minimum absolute atomic E-state index is 0.591. The molecule has 5 heteroatoms. The molecule has 60 valence electrons. The van der Waals surface area contributed by atoms with E-state index in [0.29, 0.717) is 0 Å². The third kappa shape index (κ3) is 2.30. The Bertz CT molecular complexity index is 104. The summed E-state index contributed by atoms with van der Waals surface area (Å²) in [6.45, 7) is -0.591. The molecular formula is C5H11NO4. The second-order valence-electron chi connectivity index (χ2n) is 1.72. The fourth-order valence-electron chi connectivity index (χ4n) is 0.378. The average molecular weight is 149 g/mol. The summed E-state index contributed by atoms with van der Waals surface area (Å²) in [4.78, 5) is 15.1. The van der Waals surface area contributed by atoms with Crippen LogP contribution in [0.5, 0.6) is 0 Å². The lowest BCUT2D eigenvalue weighted by molar-refractivity contribution is -0.179. The van der Waals surface area contributed by atoms with E-state index in [2.05, 4.69) is 4.84 Å². The highest BCUT2D eigenvalue weighted by molar-refractivity contribution is 5.79. The molecule has 0 fully saturated rings. The van der Waals surface area contributed by atoms with Crippen molar-refractivity contribution in [3.8, 4) is 0 Å². The van der Waals surface area contributed by atoms with Crippen molar-refractivity contribution in [3.05, 3.63) is 0 Å². The number of nitrogens with zero attached hydrogens (tertiary/aromatic N) is 1. The minimum Gasteiger partial charge on any atom is -0.393 e. The van der Waals surface area contributed by atoms with E-state index in [1.807, 2.05) is 0 Å². The molecule has 0 aliphatic carbocycles. The van der Waals surface area contributed by atoms with Gasteiger partial charge < -0.3 is 10.2 Å². The molecule has 0 aromatic heterocycles. The largest absolute Gasteiger partial charge is 0.393 e. The molecule has 0 spiro atoms. The Balaban J connectivity index is 3.82. The van der Waals surface area contributed by atoms with Gasteiger partial charge in [-0.25, -0.2) is 5.06 Å². The van der Waals surface area contributed by atoms with Gasteiger partial charge in [0.1, 0.15) is 0 Å². The summed E-state index contributed by atoms with van der Waals surface area (Å²) in [7, 11) is 2.64. The number of hydrogen-bond donors (Lipinski definition) is 2. The van der Waals surface area contributed by atoms with Crippen molar-refractivity contribution >= 4 is 5.91 Å². The molecule has 0 unspecified atom stereocenters. The molecule has 0 radical (unpaired) electrons. The molecule has 10 heavy (non-hydrogen) atoms. The van der Waals surface area contributed by atoms with Gasteiger partial charge in [0.05, 0.1) is 13.7 Å². The molecule has 5 nitrogen and oxygen atoms in total. The van der Waals surface area contributed by atoms with E-state index in [4.69, 9.17) is 10.2 Å². The Morgan fingerprint density at radius 2 is 2.30 bits per heavy atom. The number of carbonyl (C=O) groups is 1. The Kier molecular flexibility index (Phi) is 3.94. The van der Waals surface area contributed by atoms with E-state index in [9.17, 15) is 4.79 Å². The second-order valence-corrected chi connectivity index (χ2v) is 1.72. The summed E-state index contributed by atoms with van der Waals surface area (Å²) >= 11 is 0. The van der Waals surface area contributed by atoms with Crippen molar-refractivity contribution in [2.24, 2.45) is 0 Å². The van der Waals surface area contributed by atoms with E-state index < -0.39 is 18.6 Å². The molecule has 0 heterocycles. The Labute approximate surface area is 58.8 Å². The third-order valence-corrected chi connectivity index (χ3v) is 1.04. The van der Waals surface area contributed by atoms with Gasteiger partial charge in [-0.05, 0) is 0 Å². The van der Waals surface area contributed by atoms with Gasteiger partial charge >= 0.3 is 0 Å². The highest BCUT2D eigenvalue weighted by atomic mass is 16.7. The monoisotopic (exact) mass is 149 g/mol. The maximum Gasteiger partial charge on any atom is 0.277 e. The van der Waals surface area contributed by atoms with Gasteiger partial charge in [-0.3, -0.25) is 9.63 Å². The van der Waals surface area contributed by atoms with Gasteiger partial charge in [-0.2, -0.15) is 0 Å². The van der Waals surface area contributed by atoms with E-state index in [0.717, 1.165) is 5.06 Å². The van der Waals surface area contributed by atoms with E-state index in [1.54, 1.807) is 0 Å². The number of hydroxylamine groups is 2. The van der Waals surface area contributed by atoms with Crippen LogP contribution in [0.3, 0.4) is 0 Å². The summed E-state index contributed by atoms with van der Waals surface area (Å²) in [5, 5.41) is 17.9. The lowest BCUT2D eigenvalue weighted by atomic mass is 10.3. The van der Waals surface area contributed by atoms with Crippen LogP contribution in [-0.2, 0) is 9.63 Å². The van der Waals surface area contributed by atoms with Crippen LogP contribution in [0.2, 0.25) is 0 Å². The van der Waals surface area contributed by atoms with Gasteiger partial charge in [-0.1, -0.05) is 0 Å². The van der Waals surface area contributed by atoms with E-state index >= 15 is 0 Å². The predicted octanol–water partition coefficient (Wildman–Crippen LogP) is -1.64. The fraction of sp³-hybridized carbons (Fsp3) is 0.800. The van der Waals surface area contributed by atoms with Gasteiger partial charge in [0, 0.05) is 7.05 Å². The van der Waals surface area contributed by atoms with E-state index in [-0.39, 0.29) is 0 Å². The van der Waals surface area contributed by atoms with Crippen LogP contribution >= 0.6 is 0 Å². The summed E-state index contributed by atoms with van der Waals surface area (Å²) in [5.74, 6) is -0.662. The zero-order valence-corrected chi connectivity index (χ0v) is 5.94. The van der Waals surface area contributed by atoms with Crippen LogP contribution in [0.1, 0.15) is 0 Å². The van der Waals surface area contributed by atoms with Gasteiger partial charge in [0.15, 0.2) is 6.10 Å². The normalized spacial score (nSPS) is 12.8. The molecule has 1 amide bonds. The summed E-state index contributed by atoms with van der Waals surface area (Å²) < 4.78 is 0. The van der Waals surface area contributed by atoms with Crippen molar-refractivity contribution in [2.45, 2.75) is 6.10 Å². The molecule has 2 N–H and O–H groups in total. The fourth-order valence-corrected chi connectivity index (χ4v) is 0.378. The second kappa shape index (κ2) is 4.21. The topological polar surface area (TPSA) is 70.0 Å². The first-order valence-electron chi connectivity index (χ1n) is 2.74. The Hall–Kier alpha value is -0.650. The molecule has 0 saturated heterocycles. The SMILES string of the molecule is CON(C)C(=O)[C@H](O)CO. The van der Waals surface area contributed by atoms with Crippen molar-refractivity contribution < 1.29 is 19.8 Å². The van der Waals surface area contributed by atoms with Crippen LogP contribution < -0.4 is 0 Å². The minimum atomic E-state index is -1.38. The zero-order valence-electron chi connectivity index (χ0n) is 5.94. The predicted molar refractivity (Wildman–Crippen MR) is 32.9 cm³/mol. The highest BCUT2D eigenvalue weighted by Gasteiger charge is 2.17. The van der Waals surface area contributed by atoms with Crippen molar-refractivity contribution in [3.63, 3.8) is 0 Å². The van der Waals surface area contributed by atoms with Gasteiger partial charge in [0.25, 0.3) is 5.91 Å². The number of likely N-dealkylation sites (N-methyl/N-ethyl adjacent to an activating group) is 1. The third-order valence-electron chi connectivity index (χ3n) is 1.04. The molecule has 0 bridgehead atoms. The average Bonchev–Trinajstić information content (AvgIpc) is 2.00. The lowest BCUT2D eigenvalue weighted by Crippen LogP contribution is -2.37. The molecule has 0 saturated carbocycles. The molecule has 0 aliphatic heterocycles. The molecule has 0 rings (SSSR count). The molecule has 1 atom stereocenters. The number of aliphatic hydroxyl groups excluding tert-OH is 2. The quantitative estimate of drug-likeness (QED) is 0.472. The lowest BCUT2D eigenvalue weighted by Gasteiger charge is -2.15. The number of carbonyl (C=O) groups excluding carboxylic acids is 1. The van der Waals surface area contributed by atoms with Crippen molar-refractivity contribution in [1.29, 1.82) is 0 Å². The molecule has 0 aromatic rings. The maximum atomic E-state index is 10.7. The number of hydrogen-bond acceptors (Lipinski definition) is 4. The summed E-state index contributed by atoms with van der Waals surface area (Å²) in [6, 6.07) is 0. The molecule has 0 aromatic carbocycles. The van der Waals surface area contributed by atoms with Gasteiger partial charge in [0.2, 0.25) is 0 Å². The number of aliphatic hydroxyl groups is 2. The van der Waals surface area contributed by atoms with Gasteiger partial charge in [-0.15, -0.1) is 0 Å². The first kappa shape index (κ1) is 9.35. The molecular weight excluding hydrogens is 138 g/mol. The van der Waals surface area contributed by atoms with Crippen LogP contribution in [0.4, 0.5) is 0 Å². The molecule has 0 aliphatic rings. The number of rotatable bonds is 3. The maximum absolute atomic E-state index is 10.7. The van der Waals surface area contributed by atoms with Crippen LogP contribution in [0.25, 0.3) is 0 Å². The number of amides is 1. The smallest absolute Gasteiger partial charge is 0.277 e. The summed E-state index contributed by atoms with van der Waals surface area (Å²) in [6.07, 6.45) is -1.38. The Morgan fingerprint density at radius 3 is 2.60 bits per heavy atom. The highest BCUT2D eigenvalue weighted by Crippen LogP contribution is 1.90. The first-order chi connectivity index (χ1) is 4.63. The van der Waals surface area contributed by atoms with Crippen molar-refractivity contribution in [1.82, 2.24) is 5.06 Å². The standard InChI is InChI=1S/C5H11NO4/c1-6(10-2)5(9)4(8)3-7/h4,7-8H,3H2,1-2H3/t4-/m1/s1. The zero-order chi connectivity index (χ0) is 8.15. The van der Waals surface area contributed by atoms with Crippen LogP contribution in [0.15, 0.2) is 0 Å². The van der Waals surface area contributed by atoms with E-state index in [1.165, 1.54) is 14.2 Å². The van der Waals surface area contributed by atoms with Crippen LogP contribution in [0, 0.1) is 0 Å². The first-order valence-corrected chi connectivity index (χ1v) is 2.74. The summed E-state index contributed by atoms with van der Waals surface area (Å²) in [5.41, 5.74) is 0. The van der Waals surface area contributed by atoms with Crippen molar-refractivity contribution in [2.75, 3.05) is 20.8 Å². The van der Waals surface area contributed by atoms with Crippen LogP contribution in [-0.4, -0.2) is 48.1 Å².